The lowest BCUT2D eigenvalue weighted by Gasteiger charge is -2.26. The van der Waals surface area contributed by atoms with Crippen LogP contribution in [0.15, 0.2) is 53.5 Å². The summed E-state index contributed by atoms with van der Waals surface area (Å²) in [5.41, 5.74) is 4.17. The molecule has 0 radical (unpaired) electrons. The van der Waals surface area contributed by atoms with Crippen molar-refractivity contribution in [3.63, 3.8) is 0 Å². The maximum Gasteiger partial charge on any atom is 0.254 e. The largest absolute Gasteiger partial charge is 0.357 e. The molecule has 2 aromatic rings. The van der Waals surface area contributed by atoms with Gasteiger partial charge >= 0.3 is 0 Å². The average molecular weight is 563 g/mol. The highest BCUT2D eigenvalue weighted by atomic mass is 127. The van der Waals surface area contributed by atoms with Crippen LogP contribution in [-0.2, 0) is 11.3 Å². The Labute approximate surface area is 213 Å². The Morgan fingerprint density at radius 2 is 1.94 bits per heavy atom. The highest BCUT2D eigenvalue weighted by Crippen LogP contribution is 2.15. The van der Waals surface area contributed by atoms with Crippen molar-refractivity contribution in [2.75, 3.05) is 32.7 Å². The van der Waals surface area contributed by atoms with Crippen molar-refractivity contribution < 1.29 is 9.59 Å². The molecule has 3 N–H and O–H groups in total. The van der Waals surface area contributed by atoms with Crippen molar-refractivity contribution in [1.29, 1.82) is 0 Å². The van der Waals surface area contributed by atoms with Crippen molar-refractivity contribution in [2.45, 2.75) is 33.2 Å². The van der Waals surface area contributed by atoms with Crippen LogP contribution in [0.5, 0.6) is 0 Å². The normalized spacial score (nSPS) is 14.7. The molecule has 0 spiro atoms. The Hall–Kier alpha value is -2.62. The Bertz CT molecular complexity index is 962. The minimum atomic E-state index is -0.116. The van der Waals surface area contributed by atoms with Gasteiger partial charge in [0.25, 0.3) is 5.91 Å². The highest BCUT2D eigenvalue weighted by molar-refractivity contribution is 14.0. The fraction of sp³-hybridized carbons (Fsp3) is 0.400. The van der Waals surface area contributed by atoms with E-state index in [9.17, 15) is 9.59 Å². The second-order valence-electron chi connectivity index (χ2n) is 8.16. The van der Waals surface area contributed by atoms with Crippen LogP contribution < -0.4 is 16.0 Å². The number of hydrogen-bond donors (Lipinski definition) is 3. The number of hydrogen-bond acceptors (Lipinski definition) is 3. The quantitative estimate of drug-likeness (QED) is 0.275. The summed E-state index contributed by atoms with van der Waals surface area (Å²) in [4.78, 5) is 30.4. The third-order valence-corrected chi connectivity index (χ3v) is 5.48. The van der Waals surface area contributed by atoms with Crippen LogP contribution in [0.2, 0.25) is 0 Å². The molecule has 1 heterocycles. The predicted octanol–water partition coefficient (Wildman–Crippen LogP) is 3.04. The predicted molar refractivity (Wildman–Crippen MR) is 143 cm³/mol. The molecule has 2 amide bonds. The number of rotatable bonds is 7. The van der Waals surface area contributed by atoms with Gasteiger partial charge in [-0.1, -0.05) is 48.9 Å². The monoisotopic (exact) mass is 563 g/mol. The van der Waals surface area contributed by atoms with Gasteiger partial charge in [-0.15, -0.1) is 24.0 Å². The number of nitrogens with zero attached hydrogens (tertiary/aromatic N) is 2. The summed E-state index contributed by atoms with van der Waals surface area (Å²) in [6.45, 7) is 9.58. The number of nitrogens with one attached hydrogen (secondary N) is 3. The van der Waals surface area contributed by atoms with Gasteiger partial charge in [-0.2, -0.15) is 0 Å². The van der Waals surface area contributed by atoms with E-state index < -0.39 is 0 Å². The van der Waals surface area contributed by atoms with E-state index in [4.69, 9.17) is 0 Å². The third kappa shape index (κ3) is 8.03. The third-order valence-electron chi connectivity index (χ3n) is 5.48. The molecule has 1 unspecified atom stereocenters. The molecular formula is C25H34IN5O2. The summed E-state index contributed by atoms with van der Waals surface area (Å²) >= 11 is 0. The zero-order chi connectivity index (χ0) is 22.9. The molecule has 1 aliphatic rings. The number of piperazine rings is 1. The maximum absolute atomic E-state index is 12.6. The number of aliphatic imine (C=N–C) groups is 1. The number of carbonyl (C=O) groups is 2. The first-order valence-corrected chi connectivity index (χ1v) is 11.2. The Morgan fingerprint density at radius 3 is 2.61 bits per heavy atom. The Morgan fingerprint density at radius 1 is 1.18 bits per heavy atom. The van der Waals surface area contributed by atoms with E-state index in [1.165, 1.54) is 11.1 Å². The Balaban J connectivity index is 0.00000385. The van der Waals surface area contributed by atoms with E-state index in [0.29, 0.717) is 31.1 Å². The number of halogens is 1. The van der Waals surface area contributed by atoms with Crippen molar-refractivity contribution in [3.05, 3.63) is 70.8 Å². The highest BCUT2D eigenvalue weighted by Gasteiger charge is 2.22. The summed E-state index contributed by atoms with van der Waals surface area (Å²) < 4.78 is 0. The summed E-state index contributed by atoms with van der Waals surface area (Å²) in [5.74, 6) is 0.901. The molecule has 0 bridgehead atoms. The van der Waals surface area contributed by atoms with Crippen LogP contribution in [0.25, 0.3) is 0 Å². The Kier molecular flexibility index (Phi) is 10.6. The van der Waals surface area contributed by atoms with Gasteiger partial charge in [-0.25, -0.2) is 4.99 Å². The van der Waals surface area contributed by atoms with Crippen LogP contribution in [0.3, 0.4) is 0 Å². The zero-order valence-corrected chi connectivity index (χ0v) is 21.9. The minimum absolute atomic E-state index is 0. The fourth-order valence-electron chi connectivity index (χ4n) is 3.60. The van der Waals surface area contributed by atoms with Crippen molar-refractivity contribution >= 4 is 41.8 Å². The molecule has 1 saturated heterocycles. The van der Waals surface area contributed by atoms with Crippen LogP contribution in [0, 0.1) is 6.92 Å². The molecule has 0 aromatic heterocycles. The van der Waals surface area contributed by atoms with E-state index in [-0.39, 0.29) is 42.3 Å². The SMILES string of the molecule is CCNC(=NCc1ccc(C(=O)N2CCNC(=O)C2)cc1)NCC(C)c1cccc(C)c1.I. The van der Waals surface area contributed by atoms with Crippen molar-refractivity contribution in [3.8, 4) is 0 Å². The van der Waals surface area contributed by atoms with Gasteiger partial charge in [-0.05, 0) is 43.0 Å². The average Bonchev–Trinajstić information content (AvgIpc) is 2.80. The smallest absolute Gasteiger partial charge is 0.254 e. The number of carbonyl (C=O) groups excluding carboxylic acids is 2. The minimum Gasteiger partial charge on any atom is -0.357 e. The molecule has 1 atom stereocenters. The standard InChI is InChI=1S/C25H33N5O2.HI/c1-4-26-25(28-15-19(3)22-7-5-6-18(2)14-22)29-16-20-8-10-21(11-9-20)24(32)30-13-12-27-23(31)17-30;/h5-11,14,19H,4,12-13,15-17H2,1-3H3,(H,27,31)(H2,26,28,29);1H. The molecule has 1 aliphatic heterocycles. The summed E-state index contributed by atoms with van der Waals surface area (Å²) in [6, 6.07) is 16.0. The van der Waals surface area contributed by atoms with Gasteiger partial charge < -0.3 is 20.9 Å². The van der Waals surface area contributed by atoms with Crippen molar-refractivity contribution in [1.82, 2.24) is 20.9 Å². The van der Waals surface area contributed by atoms with Gasteiger partial charge in [0.1, 0.15) is 0 Å². The van der Waals surface area contributed by atoms with Gasteiger partial charge in [-0.3, -0.25) is 9.59 Å². The molecule has 7 nitrogen and oxygen atoms in total. The first-order chi connectivity index (χ1) is 15.5. The topological polar surface area (TPSA) is 85.8 Å². The van der Waals surface area contributed by atoms with Gasteiger partial charge in [0.2, 0.25) is 5.91 Å². The number of guanidine groups is 1. The van der Waals surface area contributed by atoms with Crippen molar-refractivity contribution in [2.24, 2.45) is 4.99 Å². The molecule has 0 saturated carbocycles. The molecule has 1 fully saturated rings. The fourth-order valence-corrected chi connectivity index (χ4v) is 3.60. The van der Waals surface area contributed by atoms with E-state index >= 15 is 0 Å². The summed E-state index contributed by atoms with van der Waals surface area (Å²) in [5, 5.41) is 9.45. The summed E-state index contributed by atoms with van der Waals surface area (Å²) in [7, 11) is 0. The lowest BCUT2D eigenvalue weighted by molar-refractivity contribution is -0.123. The first kappa shape index (κ1) is 26.6. The molecule has 178 valence electrons. The molecule has 8 heteroatoms. The first-order valence-electron chi connectivity index (χ1n) is 11.2. The van der Waals surface area contributed by atoms with Crippen LogP contribution in [-0.4, -0.2) is 55.4 Å². The molecule has 2 aromatic carbocycles. The molecule has 33 heavy (non-hydrogen) atoms. The van der Waals surface area contributed by atoms with Gasteiger partial charge in [0.05, 0.1) is 13.1 Å². The molecular weight excluding hydrogens is 529 g/mol. The van der Waals surface area contributed by atoms with Crippen LogP contribution in [0.1, 0.15) is 46.8 Å². The van der Waals surface area contributed by atoms with Crippen LogP contribution >= 0.6 is 24.0 Å². The van der Waals surface area contributed by atoms with E-state index in [1.807, 2.05) is 19.1 Å². The van der Waals surface area contributed by atoms with E-state index in [1.54, 1.807) is 17.0 Å². The lowest BCUT2D eigenvalue weighted by atomic mass is 9.99. The molecule has 3 rings (SSSR count). The van der Waals surface area contributed by atoms with E-state index in [0.717, 1.165) is 24.6 Å². The lowest BCUT2D eigenvalue weighted by Crippen LogP contribution is -2.49. The second kappa shape index (κ2) is 13.2. The molecule has 0 aliphatic carbocycles. The number of aryl methyl sites for hydroxylation is 1. The van der Waals surface area contributed by atoms with Gasteiger partial charge in [0.15, 0.2) is 5.96 Å². The second-order valence-corrected chi connectivity index (χ2v) is 8.16. The summed E-state index contributed by atoms with van der Waals surface area (Å²) in [6.07, 6.45) is 0. The van der Waals surface area contributed by atoms with Crippen LogP contribution in [0.4, 0.5) is 0 Å². The maximum atomic E-state index is 12.6. The van der Waals surface area contributed by atoms with Gasteiger partial charge in [0, 0.05) is 31.7 Å². The number of benzene rings is 2. The number of amides is 2. The van der Waals surface area contributed by atoms with E-state index in [2.05, 4.69) is 59.1 Å². The zero-order valence-electron chi connectivity index (χ0n) is 19.6.